The molecule has 3 N–H and O–H groups in total. The third-order valence-corrected chi connectivity index (χ3v) is 6.16. The van der Waals surface area contributed by atoms with Gasteiger partial charge in [-0.15, -0.1) is 0 Å². The lowest BCUT2D eigenvalue weighted by atomic mass is 10.3. The fraction of sp³-hybridized carbons (Fsp3) is 0.0345. The average Bonchev–Trinajstić information content (AvgIpc) is 3.68. The Kier molecular flexibility index (Phi) is 4.70. The van der Waals surface area contributed by atoms with Crippen LogP contribution in [0.4, 0.5) is 0 Å². The number of nitrogens with one attached hydrogen (secondary N) is 3. The molecule has 3 aromatic rings. The summed E-state index contributed by atoms with van der Waals surface area (Å²) in [5.74, 6) is 0. The number of hydrogen-bond acceptors (Lipinski definition) is 4. The van der Waals surface area contributed by atoms with Crippen LogP contribution < -0.4 is 21.4 Å². The number of allylic oxidation sites excluding steroid dienone is 5. The van der Waals surface area contributed by atoms with Crippen molar-refractivity contribution in [3.8, 4) is 0 Å². The van der Waals surface area contributed by atoms with Crippen LogP contribution in [-0.4, -0.2) is 42.8 Å². The predicted octanol–water partition coefficient (Wildman–Crippen LogP) is 1.76. The molecule has 0 spiro atoms. The molecular weight excluding hydrogens is 446 g/mol. The van der Waals surface area contributed by atoms with Crippen molar-refractivity contribution in [2.75, 3.05) is 6.67 Å². The van der Waals surface area contributed by atoms with E-state index in [1.165, 1.54) is 0 Å². The second-order valence-corrected chi connectivity index (χ2v) is 9.00. The molecule has 7 heterocycles. The largest absolute Gasteiger partial charge is 0.355 e. The highest BCUT2D eigenvalue weighted by Gasteiger charge is 2.09. The molecule has 4 aliphatic rings. The van der Waals surface area contributed by atoms with Gasteiger partial charge in [0.2, 0.25) is 0 Å². The van der Waals surface area contributed by atoms with Crippen molar-refractivity contribution in [3.05, 3.63) is 123 Å². The van der Waals surface area contributed by atoms with Crippen molar-refractivity contribution in [1.82, 2.24) is 24.8 Å². The summed E-state index contributed by atoms with van der Waals surface area (Å²) < 4.78 is 0. The van der Waals surface area contributed by atoms with Gasteiger partial charge < -0.3 is 24.8 Å². The minimum absolute atomic E-state index is 0.742. The zero-order chi connectivity index (χ0) is 23.9. The molecule has 0 aliphatic carbocycles. The molecule has 0 amide bonds. The summed E-state index contributed by atoms with van der Waals surface area (Å²) in [6.07, 6.45) is 24.6. The molecule has 3 aromatic heterocycles. The number of aromatic nitrogens is 3. The van der Waals surface area contributed by atoms with Crippen molar-refractivity contribution >= 4 is 42.1 Å². The van der Waals surface area contributed by atoms with Crippen LogP contribution in [0.15, 0.2) is 101 Å². The van der Waals surface area contributed by atoms with Crippen molar-refractivity contribution in [3.63, 3.8) is 0 Å². The van der Waals surface area contributed by atoms with Gasteiger partial charge in [-0.3, -0.25) is 0 Å². The minimum Gasteiger partial charge on any atom is -0.355 e. The third kappa shape index (κ3) is 4.25. The van der Waals surface area contributed by atoms with E-state index in [0.29, 0.717) is 0 Å². The lowest BCUT2D eigenvalue weighted by molar-refractivity contribution is 0.436. The molecule has 174 valence electrons. The predicted molar refractivity (Wildman–Crippen MR) is 145 cm³/mol. The fourth-order valence-corrected chi connectivity index (χ4v) is 4.50. The molecule has 7 heteroatoms. The number of fused-ring (bicyclic) bond motifs is 10. The number of rotatable bonds is 0. The highest BCUT2D eigenvalue weighted by Crippen LogP contribution is 2.17. The lowest BCUT2D eigenvalue weighted by Crippen LogP contribution is -2.23. The highest BCUT2D eigenvalue weighted by molar-refractivity contribution is 6.19. The van der Waals surface area contributed by atoms with Crippen LogP contribution in [0.2, 0.25) is 0 Å². The van der Waals surface area contributed by atoms with Crippen LogP contribution in [0.3, 0.4) is 0 Å². The first-order valence-corrected chi connectivity index (χ1v) is 11.8. The van der Waals surface area contributed by atoms with E-state index in [1.54, 1.807) is 0 Å². The van der Waals surface area contributed by atoms with Gasteiger partial charge in [0.05, 0.1) is 40.2 Å². The van der Waals surface area contributed by atoms with E-state index in [9.17, 15) is 0 Å². The van der Waals surface area contributed by atoms with Crippen molar-refractivity contribution in [1.29, 1.82) is 0 Å². The summed E-state index contributed by atoms with van der Waals surface area (Å²) in [6, 6.07) is 12.5. The molecule has 36 heavy (non-hydrogen) atoms. The summed E-state index contributed by atoms with van der Waals surface area (Å²) >= 11 is 0. The topological polar surface area (TPSA) is 78.6 Å². The van der Waals surface area contributed by atoms with E-state index < -0.39 is 0 Å². The maximum absolute atomic E-state index is 4.73. The van der Waals surface area contributed by atoms with Crippen LogP contribution in [-0.2, 0) is 0 Å². The third-order valence-electron chi connectivity index (χ3n) is 6.16. The molecule has 7 rings (SSSR count). The van der Waals surface area contributed by atoms with E-state index >= 15 is 0 Å². The minimum atomic E-state index is 0.742. The summed E-state index contributed by atoms with van der Waals surface area (Å²) in [5, 5.41) is 4.13. The monoisotopic (exact) mass is 469 g/mol. The zero-order valence-electron chi connectivity index (χ0n) is 19.4. The molecule has 0 aromatic carbocycles. The summed E-state index contributed by atoms with van der Waals surface area (Å²) in [4.78, 5) is 24.1. The van der Waals surface area contributed by atoms with Crippen molar-refractivity contribution < 1.29 is 0 Å². The van der Waals surface area contributed by atoms with Crippen molar-refractivity contribution in [2.45, 2.75) is 0 Å². The molecule has 12 bridgehead atoms. The van der Waals surface area contributed by atoms with Crippen LogP contribution in [0, 0.1) is 0 Å². The first kappa shape index (κ1) is 20.3. The van der Waals surface area contributed by atoms with Crippen LogP contribution in [0.1, 0.15) is 11.4 Å². The quantitative estimate of drug-likeness (QED) is 0.469. The Morgan fingerprint density at radius 3 is 1.78 bits per heavy atom. The van der Waals surface area contributed by atoms with Gasteiger partial charge >= 0.3 is 0 Å². The van der Waals surface area contributed by atoms with Gasteiger partial charge in [-0.1, -0.05) is 0 Å². The van der Waals surface area contributed by atoms with Gasteiger partial charge in [0, 0.05) is 46.9 Å². The number of hydrogen-bond donors (Lipinski definition) is 3. The van der Waals surface area contributed by atoms with Gasteiger partial charge in [-0.2, -0.15) is 0 Å². The highest BCUT2D eigenvalue weighted by atomic mass is 15.3. The zero-order valence-corrected chi connectivity index (χ0v) is 19.4. The second kappa shape index (κ2) is 8.32. The standard InChI is InChI=1S/C29H23N7/c1-2-21-14-23-4-6-25(32-23)16-27-8-10-29(34-27)18-36-12-11-35(19-36)17-28-9-7-26(33-28)15-24-5-3-22(31-24)13-20(1)30-21/h1-18,31,33-34H,19H2. The van der Waals surface area contributed by atoms with Gasteiger partial charge in [0.15, 0.2) is 0 Å². The Balaban J connectivity index is 1.30. The Bertz CT molecular complexity index is 1830. The number of aromatic amines is 3. The first-order valence-electron chi connectivity index (χ1n) is 11.8. The van der Waals surface area contributed by atoms with E-state index in [1.807, 2.05) is 42.5 Å². The Morgan fingerprint density at radius 1 is 0.528 bits per heavy atom. The summed E-state index contributed by atoms with van der Waals surface area (Å²) in [6.45, 7) is 0.742. The number of aliphatic imine (C=N–C) groups is 2. The second-order valence-electron chi connectivity index (χ2n) is 9.00. The van der Waals surface area contributed by atoms with Gasteiger partial charge in [-0.25, -0.2) is 9.98 Å². The molecule has 0 saturated carbocycles. The maximum Gasteiger partial charge on any atom is 0.0979 e. The molecule has 0 radical (unpaired) electrons. The molecular formula is C29H23N7. The van der Waals surface area contributed by atoms with Crippen molar-refractivity contribution in [2.24, 2.45) is 9.98 Å². The van der Waals surface area contributed by atoms with Crippen LogP contribution >= 0.6 is 0 Å². The fourth-order valence-electron chi connectivity index (χ4n) is 4.50. The van der Waals surface area contributed by atoms with Gasteiger partial charge in [0.1, 0.15) is 0 Å². The van der Waals surface area contributed by atoms with E-state index in [2.05, 4.69) is 92.0 Å². The lowest BCUT2D eigenvalue weighted by Gasteiger charge is -2.13. The van der Waals surface area contributed by atoms with Crippen LogP contribution in [0.25, 0.3) is 30.6 Å². The average molecular weight is 470 g/mol. The number of nitrogens with zero attached hydrogens (tertiary/aromatic N) is 4. The Labute approximate surface area is 206 Å². The van der Waals surface area contributed by atoms with Gasteiger partial charge in [0.25, 0.3) is 0 Å². The summed E-state index contributed by atoms with van der Waals surface area (Å²) in [5.41, 5.74) is 5.62. The first-order chi connectivity index (χ1) is 17.7. The van der Waals surface area contributed by atoms with E-state index in [4.69, 9.17) is 9.98 Å². The molecule has 0 fully saturated rings. The molecule has 0 saturated heterocycles. The van der Waals surface area contributed by atoms with Crippen LogP contribution in [0.5, 0.6) is 0 Å². The Hall–Kier alpha value is -5.04. The SMILES string of the molecule is C1=CC2=NC1=Cc1ccc([nH]1)C=c1ccc([nH]1)=CN1C=CN(C=c3ccc([nH]3)=CC3=NC(=C2)C=C3)C1. The normalized spacial score (nSPS) is 17.9. The number of H-pyrrole nitrogens is 3. The molecule has 0 atom stereocenters. The maximum atomic E-state index is 4.73. The van der Waals surface area contributed by atoms with E-state index in [0.717, 1.165) is 62.3 Å². The molecule has 0 unspecified atom stereocenters. The molecule has 4 aliphatic heterocycles. The van der Waals surface area contributed by atoms with Gasteiger partial charge in [-0.05, 0) is 85.0 Å². The summed E-state index contributed by atoms with van der Waals surface area (Å²) in [7, 11) is 0. The Morgan fingerprint density at radius 2 is 1.08 bits per heavy atom. The molecule has 7 nitrogen and oxygen atoms in total. The van der Waals surface area contributed by atoms with E-state index in [-0.39, 0.29) is 0 Å². The smallest absolute Gasteiger partial charge is 0.0979 e.